The highest BCUT2D eigenvalue weighted by Crippen LogP contribution is 2.35. The average Bonchev–Trinajstić information content (AvgIpc) is 2.36. The smallest absolute Gasteiger partial charge is 0.0870 e. The van der Waals surface area contributed by atoms with Gasteiger partial charge in [0.1, 0.15) is 0 Å². The minimum absolute atomic E-state index is 0.0464. The van der Waals surface area contributed by atoms with E-state index in [0.29, 0.717) is 11.0 Å². The van der Waals surface area contributed by atoms with Gasteiger partial charge in [-0.2, -0.15) is 0 Å². The van der Waals surface area contributed by atoms with Crippen LogP contribution in [0.25, 0.3) is 0 Å². The van der Waals surface area contributed by atoms with Crippen molar-refractivity contribution in [2.75, 3.05) is 32.9 Å². The van der Waals surface area contributed by atoms with Gasteiger partial charge in [0, 0.05) is 32.4 Å². The van der Waals surface area contributed by atoms with Crippen molar-refractivity contribution in [3.63, 3.8) is 0 Å². The van der Waals surface area contributed by atoms with Gasteiger partial charge in [-0.25, -0.2) is 0 Å². The van der Waals surface area contributed by atoms with E-state index in [4.69, 9.17) is 27.4 Å². The van der Waals surface area contributed by atoms with Gasteiger partial charge in [0.05, 0.1) is 10.6 Å². The lowest BCUT2D eigenvalue weighted by molar-refractivity contribution is -0.150. The fourth-order valence-electron chi connectivity index (χ4n) is 3.10. The van der Waals surface area contributed by atoms with Crippen molar-refractivity contribution in [3.8, 4) is 0 Å². The molecule has 0 amide bonds. The van der Waals surface area contributed by atoms with Crippen LogP contribution in [0, 0.1) is 0 Å². The monoisotopic (exact) mass is 272 g/mol. The van der Waals surface area contributed by atoms with Crippen LogP contribution in [0.5, 0.6) is 0 Å². The molecule has 2 fully saturated rings. The van der Waals surface area contributed by atoms with E-state index >= 15 is 0 Å². The van der Waals surface area contributed by atoms with Crippen LogP contribution >= 0.6 is 12.2 Å². The predicted molar refractivity (Wildman–Crippen MR) is 75.8 cm³/mol. The maximum atomic E-state index is 6.07. The topological polar surface area (TPSA) is 47.7 Å². The largest absolute Gasteiger partial charge is 0.392 e. The van der Waals surface area contributed by atoms with Crippen molar-refractivity contribution < 1.29 is 9.47 Å². The van der Waals surface area contributed by atoms with Crippen LogP contribution in [0.15, 0.2) is 0 Å². The van der Waals surface area contributed by atoms with E-state index < -0.39 is 0 Å². The van der Waals surface area contributed by atoms with Gasteiger partial charge in [0.15, 0.2) is 0 Å². The standard InChI is InChI=1S/C13H24N2O2S/c1-2-15(10-12(14)18)11-3-6-17-13(9-11)4-7-16-8-5-13/h11H,2-10H2,1H3,(H2,14,18). The van der Waals surface area contributed by atoms with Gasteiger partial charge in [0.2, 0.25) is 0 Å². The molecule has 2 heterocycles. The van der Waals surface area contributed by atoms with Crippen molar-refractivity contribution in [2.45, 2.75) is 44.2 Å². The van der Waals surface area contributed by atoms with E-state index in [1.807, 2.05) is 0 Å². The molecular formula is C13H24N2O2S. The summed E-state index contributed by atoms with van der Waals surface area (Å²) in [5.41, 5.74) is 5.73. The first-order chi connectivity index (χ1) is 8.65. The normalized spacial score (nSPS) is 27.6. The van der Waals surface area contributed by atoms with Crippen molar-refractivity contribution in [1.82, 2.24) is 4.90 Å². The third-order valence-electron chi connectivity index (χ3n) is 4.15. The van der Waals surface area contributed by atoms with Crippen molar-refractivity contribution in [2.24, 2.45) is 5.73 Å². The summed E-state index contributed by atoms with van der Waals surface area (Å²) in [6, 6.07) is 0.545. The Morgan fingerprint density at radius 1 is 1.39 bits per heavy atom. The van der Waals surface area contributed by atoms with Gasteiger partial charge < -0.3 is 15.2 Å². The van der Waals surface area contributed by atoms with Gasteiger partial charge in [-0.05, 0) is 32.2 Å². The fraction of sp³-hybridized carbons (Fsp3) is 0.923. The molecule has 1 atom stereocenters. The zero-order valence-electron chi connectivity index (χ0n) is 11.2. The highest BCUT2D eigenvalue weighted by Gasteiger charge is 2.40. The Morgan fingerprint density at radius 3 is 2.72 bits per heavy atom. The van der Waals surface area contributed by atoms with Crippen molar-refractivity contribution in [1.29, 1.82) is 0 Å². The number of ether oxygens (including phenoxy) is 2. The Labute approximate surface area is 115 Å². The lowest BCUT2D eigenvalue weighted by Crippen LogP contribution is -2.52. The van der Waals surface area contributed by atoms with Crippen LogP contribution in [0.2, 0.25) is 0 Å². The molecule has 18 heavy (non-hydrogen) atoms. The van der Waals surface area contributed by atoms with Gasteiger partial charge in [-0.15, -0.1) is 0 Å². The van der Waals surface area contributed by atoms with E-state index in [0.717, 1.165) is 58.6 Å². The second kappa shape index (κ2) is 6.28. The van der Waals surface area contributed by atoms with E-state index in [1.54, 1.807) is 0 Å². The quantitative estimate of drug-likeness (QED) is 0.782. The minimum Gasteiger partial charge on any atom is -0.392 e. The minimum atomic E-state index is 0.0464. The van der Waals surface area contributed by atoms with Crippen molar-refractivity contribution >= 4 is 17.2 Å². The number of nitrogens with two attached hydrogens (primary N) is 1. The SMILES string of the molecule is CCN(CC(N)=S)C1CCOC2(CCOCC2)C1. The molecule has 4 nitrogen and oxygen atoms in total. The molecule has 0 radical (unpaired) electrons. The Morgan fingerprint density at radius 2 is 2.11 bits per heavy atom. The Hall–Kier alpha value is -0.230. The van der Waals surface area contributed by atoms with E-state index in [2.05, 4.69) is 11.8 Å². The molecule has 0 bridgehead atoms. The summed E-state index contributed by atoms with van der Waals surface area (Å²) in [6.07, 6.45) is 4.22. The lowest BCUT2D eigenvalue weighted by Gasteiger charge is -2.46. The third kappa shape index (κ3) is 3.41. The second-order valence-corrected chi connectivity index (χ2v) is 5.84. The van der Waals surface area contributed by atoms with Crippen LogP contribution in [0.4, 0.5) is 0 Å². The van der Waals surface area contributed by atoms with Gasteiger partial charge >= 0.3 is 0 Å². The molecule has 2 aliphatic heterocycles. The molecule has 2 N–H and O–H groups in total. The molecule has 1 unspecified atom stereocenters. The van der Waals surface area contributed by atoms with E-state index in [-0.39, 0.29) is 5.60 Å². The number of nitrogens with zero attached hydrogens (tertiary/aromatic N) is 1. The molecule has 0 aromatic heterocycles. The molecule has 1 spiro atoms. The maximum Gasteiger partial charge on any atom is 0.0870 e. The molecule has 0 saturated carbocycles. The molecule has 2 saturated heterocycles. The highest BCUT2D eigenvalue weighted by molar-refractivity contribution is 7.80. The summed E-state index contributed by atoms with van der Waals surface area (Å²) in [5, 5.41) is 0. The summed E-state index contributed by atoms with van der Waals surface area (Å²) in [5.74, 6) is 0. The number of thiocarbonyl (C=S) groups is 1. The van der Waals surface area contributed by atoms with Crippen molar-refractivity contribution in [3.05, 3.63) is 0 Å². The Bertz CT molecular complexity index is 287. The molecule has 5 heteroatoms. The zero-order chi connectivity index (χ0) is 13.0. The summed E-state index contributed by atoms with van der Waals surface area (Å²) in [7, 11) is 0. The van der Waals surface area contributed by atoms with Crippen LogP contribution < -0.4 is 5.73 Å². The second-order valence-electron chi connectivity index (χ2n) is 5.32. The van der Waals surface area contributed by atoms with E-state index in [1.165, 1.54) is 0 Å². The van der Waals surface area contributed by atoms with Gasteiger partial charge in [-0.3, -0.25) is 4.90 Å². The van der Waals surface area contributed by atoms with Gasteiger partial charge in [0.25, 0.3) is 0 Å². The first kappa shape index (κ1) is 14.2. The van der Waals surface area contributed by atoms with Crippen LogP contribution in [-0.2, 0) is 9.47 Å². The average molecular weight is 272 g/mol. The summed E-state index contributed by atoms with van der Waals surface area (Å²) in [4.78, 5) is 2.98. The summed E-state index contributed by atoms with van der Waals surface area (Å²) < 4.78 is 11.5. The Kier molecular flexibility index (Phi) is 4.95. The third-order valence-corrected chi connectivity index (χ3v) is 4.28. The number of likely N-dealkylation sites (N-methyl/N-ethyl adjacent to an activating group) is 1. The predicted octanol–water partition coefficient (Wildman–Crippen LogP) is 1.32. The first-order valence-corrected chi connectivity index (χ1v) is 7.30. The van der Waals surface area contributed by atoms with E-state index in [9.17, 15) is 0 Å². The lowest BCUT2D eigenvalue weighted by atomic mass is 9.83. The maximum absolute atomic E-state index is 6.07. The Balaban J connectivity index is 1.98. The summed E-state index contributed by atoms with van der Waals surface area (Å²) >= 11 is 5.04. The molecular weight excluding hydrogens is 248 g/mol. The first-order valence-electron chi connectivity index (χ1n) is 6.89. The molecule has 2 aliphatic rings. The highest BCUT2D eigenvalue weighted by atomic mass is 32.1. The van der Waals surface area contributed by atoms with Crippen LogP contribution in [0.1, 0.15) is 32.6 Å². The summed E-state index contributed by atoms with van der Waals surface area (Å²) in [6.45, 7) is 6.39. The number of rotatable bonds is 4. The number of hydrogen-bond donors (Lipinski definition) is 1. The molecule has 0 aromatic rings. The fourth-order valence-corrected chi connectivity index (χ4v) is 3.27. The molecule has 0 aliphatic carbocycles. The zero-order valence-corrected chi connectivity index (χ0v) is 12.0. The molecule has 104 valence electrons. The molecule has 2 rings (SSSR count). The molecule has 0 aromatic carbocycles. The van der Waals surface area contributed by atoms with Crippen LogP contribution in [-0.4, -0.2) is 54.4 Å². The van der Waals surface area contributed by atoms with Crippen LogP contribution in [0.3, 0.4) is 0 Å². The number of hydrogen-bond acceptors (Lipinski definition) is 4. The van der Waals surface area contributed by atoms with Gasteiger partial charge in [-0.1, -0.05) is 19.1 Å².